The van der Waals surface area contributed by atoms with Crippen molar-refractivity contribution in [1.82, 2.24) is 10.2 Å². The molecular weight excluding hydrogens is 326 g/mol. The van der Waals surface area contributed by atoms with E-state index in [1.54, 1.807) is 12.1 Å². The average molecular weight is 349 g/mol. The summed E-state index contributed by atoms with van der Waals surface area (Å²) in [5, 5.41) is 16.3. The monoisotopic (exact) mass is 349 g/mol. The molecule has 1 aromatic carbocycles. The zero-order valence-corrected chi connectivity index (χ0v) is 13.9. The molecule has 0 bridgehead atoms. The van der Waals surface area contributed by atoms with E-state index in [1.165, 1.54) is 12.1 Å². The number of piperidine rings is 1. The Hall–Kier alpha value is -2.52. The average Bonchev–Trinajstić information content (AvgIpc) is 2.60. The van der Waals surface area contributed by atoms with Crippen molar-refractivity contribution >= 4 is 23.2 Å². The van der Waals surface area contributed by atoms with E-state index in [1.807, 2.05) is 4.90 Å². The smallest absolute Gasteiger partial charge is 0.292 e. The molecule has 1 atom stereocenters. The zero-order valence-electron chi connectivity index (χ0n) is 13.9. The van der Waals surface area contributed by atoms with Crippen molar-refractivity contribution in [2.24, 2.45) is 11.7 Å². The van der Waals surface area contributed by atoms with Gasteiger partial charge in [0.05, 0.1) is 17.4 Å². The zero-order chi connectivity index (χ0) is 18.2. The van der Waals surface area contributed by atoms with Crippen molar-refractivity contribution in [3.8, 4) is 0 Å². The highest BCUT2D eigenvalue weighted by Crippen LogP contribution is 2.23. The van der Waals surface area contributed by atoms with Crippen LogP contribution in [0, 0.1) is 16.0 Å². The Balaban J connectivity index is 1.90. The van der Waals surface area contributed by atoms with Crippen LogP contribution in [0.15, 0.2) is 24.3 Å². The van der Waals surface area contributed by atoms with E-state index < -0.39 is 4.92 Å². The highest BCUT2D eigenvalue weighted by atomic mass is 16.6. The lowest BCUT2D eigenvalue weighted by atomic mass is 9.97. The number of hydrogen-bond acceptors (Lipinski definition) is 6. The van der Waals surface area contributed by atoms with Crippen LogP contribution in [0.4, 0.5) is 11.4 Å². The fourth-order valence-electron chi connectivity index (χ4n) is 2.88. The molecule has 9 nitrogen and oxygen atoms in total. The van der Waals surface area contributed by atoms with Crippen LogP contribution < -0.4 is 16.4 Å². The first-order valence-corrected chi connectivity index (χ1v) is 8.24. The first-order chi connectivity index (χ1) is 12.0. The van der Waals surface area contributed by atoms with E-state index >= 15 is 0 Å². The maximum absolute atomic E-state index is 12.2. The fraction of sp³-hybridized carbons (Fsp3) is 0.500. The van der Waals surface area contributed by atoms with E-state index in [0.29, 0.717) is 26.2 Å². The van der Waals surface area contributed by atoms with E-state index in [2.05, 4.69) is 10.6 Å². The minimum Gasteiger partial charge on any atom is -0.355 e. The molecule has 1 heterocycles. The number of benzene rings is 1. The molecule has 0 spiro atoms. The molecule has 0 aromatic heterocycles. The summed E-state index contributed by atoms with van der Waals surface area (Å²) in [6.07, 6.45) is 1.60. The Kier molecular flexibility index (Phi) is 6.84. The summed E-state index contributed by atoms with van der Waals surface area (Å²) in [7, 11) is 0. The van der Waals surface area contributed by atoms with E-state index in [4.69, 9.17) is 5.73 Å². The third kappa shape index (κ3) is 5.50. The van der Waals surface area contributed by atoms with Crippen molar-refractivity contribution in [2.45, 2.75) is 12.8 Å². The molecule has 1 aliphatic heterocycles. The van der Waals surface area contributed by atoms with Gasteiger partial charge in [-0.1, -0.05) is 12.1 Å². The van der Waals surface area contributed by atoms with Gasteiger partial charge in [-0.25, -0.2) is 0 Å². The number of nitro benzene ring substituents is 1. The summed E-state index contributed by atoms with van der Waals surface area (Å²) in [6.45, 7) is 2.12. The SMILES string of the molecule is NCCNC(=O)C1CCCN(CC(=O)Nc2ccccc2[N+](=O)[O-])C1. The molecule has 1 fully saturated rings. The Labute approximate surface area is 145 Å². The first kappa shape index (κ1) is 18.8. The summed E-state index contributed by atoms with van der Waals surface area (Å²) >= 11 is 0. The van der Waals surface area contributed by atoms with Crippen molar-refractivity contribution in [1.29, 1.82) is 0 Å². The molecule has 25 heavy (non-hydrogen) atoms. The van der Waals surface area contributed by atoms with E-state index in [-0.39, 0.29) is 35.7 Å². The second kappa shape index (κ2) is 9.09. The predicted octanol–water partition coefficient (Wildman–Crippen LogP) is 0.320. The van der Waals surface area contributed by atoms with Crippen molar-refractivity contribution in [3.63, 3.8) is 0 Å². The summed E-state index contributed by atoms with van der Waals surface area (Å²) < 4.78 is 0. The molecule has 1 aromatic rings. The molecule has 0 saturated carbocycles. The standard InChI is InChI=1S/C16H23N5O4/c17-7-8-18-16(23)12-4-3-9-20(10-12)11-15(22)19-13-5-1-2-6-14(13)21(24)25/h1-2,5-6,12H,3-4,7-11,17H2,(H,18,23)(H,19,22). The minimum absolute atomic E-state index is 0.0470. The van der Waals surface area contributed by atoms with Gasteiger partial charge in [0.25, 0.3) is 5.69 Å². The quantitative estimate of drug-likeness (QED) is 0.480. The predicted molar refractivity (Wildman–Crippen MR) is 93.0 cm³/mol. The highest BCUT2D eigenvalue weighted by molar-refractivity contribution is 5.94. The Morgan fingerprint density at radius 3 is 2.84 bits per heavy atom. The number of amides is 2. The van der Waals surface area contributed by atoms with Crippen LogP contribution in [0.1, 0.15) is 12.8 Å². The van der Waals surface area contributed by atoms with E-state index in [9.17, 15) is 19.7 Å². The molecule has 0 radical (unpaired) electrons. The molecule has 2 rings (SSSR count). The van der Waals surface area contributed by atoms with Crippen molar-refractivity contribution in [3.05, 3.63) is 34.4 Å². The summed E-state index contributed by atoms with van der Waals surface area (Å²) in [5.74, 6) is -0.550. The van der Waals surface area contributed by atoms with Crippen molar-refractivity contribution in [2.75, 3.05) is 38.0 Å². The lowest BCUT2D eigenvalue weighted by molar-refractivity contribution is -0.383. The van der Waals surface area contributed by atoms with Gasteiger partial charge < -0.3 is 16.4 Å². The number of likely N-dealkylation sites (tertiary alicyclic amines) is 1. The van der Waals surface area contributed by atoms with Gasteiger partial charge in [-0.15, -0.1) is 0 Å². The molecule has 1 aliphatic rings. The maximum atomic E-state index is 12.2. The number of carbonyl (C=O) groups excluding carboxylic acids is 2. The third-order valence-electron chi connectivity index (χ3n) is 4.06. The Bertz CT molecular complexity index is 637. The van der Waals surface area contributed by atoms with Gasteiger partial charge in [0, 0.05) is 25.7 Å². The number of anilines is 1. The molecule has 4 N–H and O–H groups in total. The van der Waals surface area contributed by atoms with Gasteiger partial charge in [0.1, 0.15) is 5.69 Å². The number of nitrogens with two attached hydrogens (primary N) is 1. The van der Waals surface area contributed by atoms with Crippen molar-refractivity contribution < 1.29 is 14.5 Å². The Morgan fingerprint density at radius 2 is 2.12 bits per heavy atom. The number of rotatable bonds is 7. The summed E-state index contributed by atoms with van der Waals surface area (Å²) in [5.41, 5.74) is 5.41. The number of nitro groups is 1. The van der Waals surface area contributed by atoms with Crippen LogP contribution >= 0.6 is 0 Å². The van der Waals surface area contributed by atoms with Gasteiger partial charge >= 0.3 is 0 Å². The van der Waals surface area contributed by atoms with Gasteiger partial charge in [0.15, 0.2) is 0 Å². The number of nitrogens with one attached hydrogen (secondary N) is 2. The second-order valence-corrected chi connectivity index (χ2v) is 5.98. The summed E-state index contributed by atoms with van der Waals surface area (Å²) in [4.78, 5) is 36.6. The molecule has 9 heteroatoms. The highest BCUT2D eigenvalue weighted by Gasteiger charge is 2.27. The van der Waals surface area contributed by atoms with Crippen LogP contribution in [0.3, 0.4) is 0 Å². The molecule has 0 aliphatic carbocycles. The van der Waals surface area contributed by atoms with Gasteiger partial charge in [-0.3, -0.25) is 24.6 Å². The number of hydrogen-bond donors (Lipinski definition) is 3. The fourth-order valence-corrected chi connectivity index (χ4v) is 2.88. The lowest BCUT2D eigenvalue weighted by Crippen LogP contribution is -2.46. The van der Waals surface area contributed by atoms with Gasteiger partial charge in [0.2, 0.25) is 11.8 Å². The molecule has 1 saturated heterocycles. The largest absolute Gasteiger partial charge is 0.355 e. The topological polar surface area (TPSA) is 131 Å². The van der Waals surface area contributed by atoms with Gasteiger partial charge in [-0.2, -0.15) is 0 Å². The van der Waals surface area contributed by atoms with Gasteiger partial charge in [-0.05, 0) is 25.5 Å². The maximum Gasteiger partial charge on any atom is 0.292 e. The molecule has 2 amide bonds. The number of nitrogens with zero attached hydrogens (tertiary/aromatic N) is 2. The Morgan fingerprint density at radius 1 is 1.36 bits per heavy atom. The van der Waals surface area contributed by atoms with Crippen LogP contribution in [-0.4, -0.2) is 54.4 Å². The number of para-hydroxylation sites is 2. The third-order valence-corrected chi connectivity index (χ3v) is 4.06. The normalized spacial score (nSPS) is 17.7. The molecular formula is C16H23N5O4. The lowest BCUT2D eigenvalue weighted by Gasteiger charge is -2.31. The van der Waals surface area contributed by atoms with Crippen LogP contribution in [0.2, 0.25) is 0 Å². The van der Waals surface area contributed by atoms with Crippen LogP contribution in [-0.2, 0) is 9.59 Å². The van der Waals surface area contributed by atoms with Crippen LogP contribution in [0.25, 0.3) is 0 Å². The summed E-state index contributed by atoms with van der Waals surface area (Å²) in [6, 6.07) is 6.01. The molecule has 1 unspecified atom stereocenters. The minimum atomic E-state index is -0.533. The van der Waals surface area contributed by atoms with Crippen LogP contribution in [0.5, 0.6) is 0 Å². The first-order valence-electron chi connectivity index (χ1n) is 8.24. The second-order valence-electron chi connectivity index (χ2n) is 5.98. The molecule has 136 valence electrons. The number of carbonyl (C=O) groups is 2. The van der Waals surface area contributed by atoms with E-state index in [0.717, 1.165) is 12.8 Å².